The number of pyridine rings is 1. The van der Waals surface area contributed by atoms with E-state index in [0.29, 0.717) is 16.9 Å². The molecule has 0 aliphatic rings. The third-order valence-electron chi connectivity index (χ3n) is 3.59. The van der Waals surface area contributed by atoms with Crippen LogP contribution in [0, 0.1) is 11.8 Å². The molecular weight excluding hydrogens is 344 g/mol. The van der Waals surface area contributed by atoms with Gasteiger partial charge in [-0.15, -0.1) is 0 Å². The van der Waals surface area contributed by atoms with Gasteiger partial charge in [-0.05, 0) is 24.3 Å². The quantitative estimate of drug-likeness (QED) is 0.283. The number of hydrogen-bond donors (Lipinski definition) is 3. The van der Waals surface area contributed by atoms with Crippen molar-refractivity contribution in [3.05, 3.63) is 71.3 Å². The monoisotopic (exact) mass is 360 g/mol. The molecule has 0 unspecified atom stereocenters. The van der Waals surface area contributed by atoms with E-state index in [9.17, 15) is 4.79 Å². The first-order chi connectivity index (χ1) is 13.0. The fourth-order valence-corrected chi connectivity index (χ4v) is 2.40. The molecule has 3 aromatic rings. The largest absolute Gasteiger partial charge is 0.479 e. The van der Waals surface area contributed by atoms with Crippen LogP contribution >= 0.6 is 0 Å². The van der Waals surface area contributed by atoms with Crippen molar-refractivity contribution in [3.8, 4) is 11.8 Å². The van der Waals surface area contributed by atoms with E-state index in [-0.39, 0.29) is 5.84 Å². The van der Waals surface area contributed by atoms with Gasteiger partial charge in [0.2, 0.25) is 6.61 Å². The second-order valence-electron chi connectivity index (χ2n) is 5.59. The predicted molar refractivity (Wildman–Crippen MR) is 103 cm³/mol. The summed E-state index contributed by atoms with van der Waals surface area (Å²) in [4.78, 5) is 19.4. The molecule has 3 rings (SSSR count). The third-order valence-corrected chi connectivity index (χ3v) is 3.59. The summed E-state index contributed by atoms with van der Waals surface area (Å²) in [5.41, 5.74) is 14.5. The standard InChI is InChI=1S/C20H16N4O3/c21-18-11-14(16-6-1-2-7-17(16)23-18)9-8-13-4-3-5-15(10-13)20(22)24-27-12-19(25)26/h1-7,10-11H,12H2,(H2,21,23)(H2,22,24)(H,25,26). The van der Waals surface area contributed by atoms with Gasteiger partial charge in [-0.1, -0.05) is 47.3 Å². The molecule has 0 spiro atoms. The molecule has 0 atom stereocenters. The van der Waals surface area contributed by atoms with E-state index in [4.69, 9.17) is 16.6 Å². The second kappa shape index (κ2) is 7.89. The van der Waals surface area contributed by atoms with Crippen molar-refractivity contribution in [2.45, 2.75) is 0 Å². The van der Waals surface area contributed by atoms with Crippen molar-refractivity contribution in [1.29, 1.82) is 0 Å². The van der Waals surface area contributed by atoms with Crippen molar-refractivity contribution in [3.63, 3.8) is 0 Å². The number of nitrogen functional groups attached to an aromatic ring is 1. The van der Waals surface area contributed by atoms with Gasteiger partial charge in [-0.2, -0.15) is 0 Å². The summed E-state index contributed by atoms with van der Waals surface area (Å²) in [6.07, 6.45) is 0. The van der Waals surface area contributed by atoms with Gasteiger partial charge in [0.1, 0.15) is 5.82 Å². The molecule has 134 valence electrons. The van der Waals surface area contributed by atoms with Crippen molar-refractivity contribution >= 4 is 28.5 Å². The van der Waals surface area contributed by atoms with Crippen molar-refractivity contribution in [1.82, 2.24) is 4.98 Å². The highest BCUT2D eigenvalue weighted by atomic mass is 16.6. The molecule has 2 aromatic carbocycles. The number of carbonyl (C=O) groups is 1. The normalized spacial score (nSPS) is 10.9. The Kier molecular flexibility index (Phi) is 5.19. The number of hydrogen-bond acceptors (Lipinski definition) is 5. The number of carboxylic acid groups (broad SMARTS) is 1. The Morgan fingerprint density at radius 1 is 1.15 bits per heavy atom. The fourth-order valence-electron chi connectivity index (χ4n) is 2.40. The summed E-state index contributed by atoms with van der Waals surface area (Å²) >= 11 is 0. The summed E-state index contributed by atoms with van der Waals surface area (Å²) in [5.74, 6) is 5.52. The molecule has 0 aliphatic carbocycles. The number of amidine groups is 1. The van der Waals surface area contributed by atoms with Crippen LogP contribution in [0.2, 0.25) is 0 Å². The number of para-hydroxylation sites is 1. The first-order valence-corrected chi connectivity index (χ1v) is 7.98. The Morgan fingerprint density at radius 2 is 1.96 bits per heavy atom. The summed E-state index contributed by atoms with van der Waals surface area (Å²) in [5, 5.41) is 13.0. The minimum absolute atomic E-state index is 0.0681. The average molecular weight is 360 g/mol. The minimum Gasteiger partial charge on any atom is -0.479 e. The zero-order valence-electron chi connectivity index (χ0n) is 14.2. The lowest BCUT2D eigenvalue weighted by molar-refractivity contribution is -0.142. The van der Waals surface area contributed by atoms with Gasteiger partial charge in [-0.3, -0.25) is 0 Å². The van der Waals surface area contributed by atoms with E-state index < -0.39 is 12.6 Å². The molecule has 0 radical (unpaired) electrons. The van der Waals surface area contributed by atoms with E-state index in [1.807, 2.05) is 30.3 Å². The predicted octanol–water partition coefficient (Wildman–Crippen LogP) is 1.94. The number of nitrogens with two attached hydrogens (primary N) is 2. The van der Waals surface area contributed by atoms with Crippen LogP contribution in [0.3, 0.4) is 0 Å². The lowest BCUT2D eigenvalue weighted by Crippen LogP contribution is -2.15. The highest BCUT2D eigenvalue weighted by Crippen LogP contribution is 2.18. The van der Waals surface area contributed by atoms with Crippen LogP contribution in [0.15, 0.2) is 59.8 Å². The van der Waals surface area contributed by atoms with Gasteiger partial charge < -0.3 is 21.4 Å². The number of aromatic nitrogens is 1. The van der Waals surface area contributed by atoms with Crippen molar-refractivity contribution in [2.75, 3.05) is 12.3 Å². The highest BCUT2D eigenvalue weighted by molar-refractivity contribution is 5.97. The van der Waals surface area contributed by atoms with E-state index in [1.54, 1.807) is 24.3 Å². The zero-order valence-corrected chi connectivity index (χ0v) is 14.2. The number of carboxylic acids is 1. The number of fused-ring (bicyclic) bond motifs is 1. The van der Waals surface area contributed by atoms with Crippen LogP contribution in [-0.2, 0) is 9.63 Å². The summed E-state index contributed by atoms with van der Waals surface area (Å²) in [7, 11) is 0. The van der Waals surface area contributed by atoms with Crippen LogP contribution in [0.25, 0.3) is 10.9 Å². The molecule has 1 aromatic heterocycles. The zero-order chi connectivity index (χ0) is 19.2. The molecule has 7 heteroatoms. The molecule has 0 bridgehead atoms. The number of oxime groups is 1. The number of rotatable bonds is 4. The highest BCUT2D eigenvalue weighted by Gasteiger charge is 2.03. The van der Waals surface area contributed by atoms with Crippen LogP contribution in [0.1, 0.15) is 16.7 Å². The van der Waals surface area contributed by atoms with Gasteiger partial charge >= 0.3 is 5.97 Å². The van der Waals surface area contributed by atoms with E-state index in [2.05, 4.69) is 26.8 Å². The maximum Gasteiger partial charge on any atom is 0.344 e. The first-order valence-electron chi connectivity index (χ1n) is 7.98. The van der Waals surface area contributed by atoms with Gasteiger partial charge in [0.05, 0.1) is 5.52 Å². The number of aliphatic carboxylic acids is 1. The Labute approximate surface area is 155 Å². The molecule has 0 saturated carbocycles. The molecule has 0 saturated heterocycles. The van der Waals surface area contributed by atoms with Crippen molar-refractivity contribution < 1.29 is 14.7 Å². The van der Waals surface area contributed by atoms with E-state index in [0.717, 1.165) is 16.5 Å². The Hall–Kier alpha value is -4.05. The van der Waals surface area contributed by atoms with Crippen LogP contribution in [0.4, 0.5) is 5.82 Å². The van der Waals surface area contributed by atoms with Crippen molar-refractivity contribution in [2.24, 2.45) is 10.9 Å². The molecule has 1 heterocycles. The smallest absolute Gasteiger partial charge is 0.344 e. The molecular formula is C20H16N4O3. The summed E-state index contributed by atoms with van der Waals surface area (Å²) in [6, 6.07) is 16.4. The molecule has 0 fully saturated rings. The van der Waals surface area contributed by atoms with Crippen LogP contribution in [0.5, 0.6) is 0 Å². The molecule has 0 amide bonds. The van der Waals surface area contributed by atoms with Crippen LogP contribution in [-0.4, -0.2) is 28.5 Å². The summed E-state index contributed by atoms with van der Waals surface area (Å²) in [6.45, 7) is -0.559. The first kappa shape index (κ1) is 17.8. The number of anilines is 1. The third kappa shape index (κ3) is 4.52. The minimum atomic E-state index is -1.13. The Bertz CT molecular complexity index is 1100. The van der Waals surface area contributed by atoms with Gasteiger partial charge in [0.15, 0.2) is 5.84 Å². The van der Waals surface area contributed by atoms with Gasteiger partial charge in [0.25, 0.3) is 0 Å². The molecule has 5 N–H and O–H groups in total. The lowest BCUT2D eigenvalue weighted by Gasteiger charge is -2.02. The molecule has 27 heavy (non-hydrogen) atoms. The number of nitrogens with zero attached hydrogens (tertiary/aromatic N) is 2. The van der Waals surface area contributed by atoms with E-state index in [1.165, 1.54) is 0 Å². The summed E-state index contributed by atoms with van der Waals surface area (Å²) < 4.78 is 0. The fraction of sp³-hybridized carbons (Fsp3) is 0.0500. The molecule has 7 nitrogen and oxygen atoms in total. The topological polar surface area (TPSA) is 124 Å². The SMILES string of the molecule is N/C(=N\OCC(=O)O)c1cccc(C#Cc2cc(N)nc3ccccc23)c1. The average Bonchev–Trinajstić information content (AvgIpc) is 2.66. The molecule has 0 aliphatic heterocycles. The van der Waals surface area contributed by atoms with E-state index >= 15 is 0 Å². The Morgan fingerprint density at radius 3 is 2.78 bits per heavy atom. The Balaban J connectivity index is 1.89. The number of benzene rings is 2. The maximum absolute atomic E-state index is 10.4. The lowest BCUT2D eigenvalue weighted by atomic mass is 10.1. The maximum atomic E-state index is 10.4. The van der Waals surface area contributed by atoms with Gasteiger partial charge in [-0.25, -0.2) is 9.78 Å². The second-order valence-corrected chi connectivity index (χ2v) is 5.59. The van der Waals surface area contributed by atoms with Crippen LogP contribution < -0.4 is 11.5 Å². The van der Waals surface area contributed by atoms with Gasteiger partial charge in [0, 0.05) is 22.1 Å².